The Bertz CT molecular complexity index is 368. The predicted molar refractivity (Wildman–Crippen MR) is 91.5 cm³/mol. The van der Waals surface area contributed by atoms with Gasteiger partial charge in [-0.05, 0) is 61.4 Å². The van der Waals surface area contributed by atoms with Crippen LogP contribution in [0.5, 0.6) is 0 Å². The highest BCUT2D eigenvalue weighted by molar-refractivity contribution is 7.80. The normalized spacial score (nSPS) is 19.4. The molecule has 1 heterocycles. The van der Waals surface area contributed by atoms with Gasteiger partial charge >= 0.3 is 0 Å². The van der Waals surface area contributed by atoms with Crippen molar-refractivity contribution in [3.63, 3.8) is 0 Å². The lowest BCUT2D eigenvalue weighted by Gasteiger charge is -2.35. The van der Waals surface area contributed by atoms with E-state index >= 15 is 0 Å². The molecule has 0 bridgehead atoms. The van der Waals surface area contributed by atoms with E-state index < -0.39 is 0 Å². The summed E-state index contributed by atoms with van der Waals surface area (Å²) in [7, 11) is 0. The summed E-state index contributed by atoms with van der Waals surface area (Å²) in [6.07, 6.45) is 3.97. The van der Waals surface area contributed by atoms with Crippen LogP contribution in [-0.4, -0.2) is 30.3 Å². The van der Waals surface area contributed by atoms with E-state index in [-0.39, 0.29) is 0 Å². The van der Waals surface area contributed by atoms with Gasteiger partial charge in [0.05, 0.1) is 0 Å². The van der Waals surface area contributed by atoms with Gasteiger partial charge in [0, 0.05) is 6.54 Å². The molecule has 1 aromatic carbocycles. The van der Waals surface area contributed by atoms with Crippen LogP contribution >= 0.6 is 12.6 Å². The number of rotatable bonds is 6. The lowest BCUT2D eigenvalue weighted by molar-refractivity contribution is 0.152. The van der Waals surface area contributed by atoms with Crippen LogP contribution in [0.2, 0.25) is 0 Å². The fourth-order valence-electron chi connectivity index (χ4n) is 3.13. The number of nitrogens with zero attached hydrogens (tertiary/aromatic N) is 1. The van der Waals surface area contributed by atoms with Gasteiger partial charge in [0.1, 0.15) is 0 Å². The molecule has 20 heavy (non-hydrogen) atoms. The summed E-state index contributed by atoms with van der Waals surface area (Å²) < 4.78 is 0. The zero-order valence-electron chi connectivity index (χ0n) is 13.0. The van der Waals surface area contributed by atoms with E-state index in [9.17, 15) is 0 Å². The van der Waals surface area contributed by atoms with Gasteiger partial charge in [-0.1, -0.05) is 44.2 Å². The lowest BCUT2D eigenvalue weighted by atomic mass is 9.89. The topological polar surface area (TPSA) is 3.24 Å². The van der Waals surface area contributed by atoms with Crippen LogP contribution in [0.25, 0.3) is 0 Å². The second-order valence-corrected chi connectivity index (χ2v) is 6.99. The molecule has 1 nitrogen and oxygen atoms in total. The molecule has 1 unspecified atom stereocenters. The molecule has 1 aliphatic rings. The summed E-state index contributed by atoms with van der Waals surface area (Å²) in [4.78, 5) is 2.66. The molecule has 1 atom stereocenters. The minimum absolute atomic E-state index is 0.740. The number of thiol groups is 1. The van der Waals surface area contributed by atoms with Crippen LogP contribution in [0, 0.1) is 17.8 Å². The molecule has 0 aromatic heterocycles. The Morgan fingerprint density at radius 2 is 1.80 bits per heavy atom. The predicted octanol–water partition coefficient (Wildman–Crippen LogP) is 4.14. The Morgan fingerprint density at radius 3 is 2.35 bits per heavy atom. The first-order valence-corrected chi connectivity index (χ1v) is 8.69. The Morgan fingerprint density at radius 1 is 1.15 bits per heavy atom. The van der Waals surface area contributed by atoms with Gasteiger partial charge in [0.15, 0.2) is 0 Å². The average Bonchev–Trinajstić information content (AvgIpc) is 2.47. The average molecular weight is 292 g/mol. The largest absolute Gasteiger partial charge is 0.303 e. The van der Waals surface area contributed by atoms with E-state index in [4.69, 9.17) is 0 Å². The van der Waals surface area contributed by atoms with Crippen LogP contribution in [0.4, 0.5) is 0 Å². The number of hydrogen-bond acceptors (Lipinski definition) is 2. The molecule has 1 aliphatic heterocycles. The molecule has 1 saturated heterocycles. The van der Waals surface area contributed by atoms with Gasteiger partial charge in [-0.15, -0.1) is 0 Å². The first kappa shape index (κ1) is 15.9. The second-order valence-electron chi connectivity index (χ2n) is 6.62. The SMILES string of the molecule is CC(C)C(CS)CN1CCC(Cc2ccccc2)CC1. The molecule has 0 saturated carbocycles. The zero-order chi connectivity index (χ0) is 14.4. The number of benzene rings is 1. The molecule has 1 aromatic rings. The van der Waals surface area contributed by atoms with Gasteiger partial charge in [0.2, 0.25) is 0 Å². The van der Waals surface area contributed by atoms with Crippen molar-refractivity contribution in [2.24, 2.45) is 17.8 Å². The third-order valence-electron chi connectivity index (χ3n) is 4.74. The minimum Gasteiger partial charge on any atom is -0.303 e. The van der Waals surface area contributed by atoms with E-state index in [0.29, 0.717) is 0 Å². The summed E-state index contributed by atoms with van der Waals surface area (Å²) in [5.41, 5.74) is 1.50. The maximum Gasteiger partial charge on any atom is 0.00199 e. The minimum atomic E-state index is 0.740. The molecular weight excluding hydrogens is 262 g/mol. The van der Waals surface area contributed by atoms with Crippen molar-refractivity contribution in [3.05, 3.63) is 35.9 Å². The fourth-order valence-corrected chi connectivity index (χ4v) is 3.67. The van der Waals surface area contributed by atoms with Crippen molar-refractivity contribution in [2.75, 3.05) is 25.4 Å². The first-order chi connectivity index (χ1) is 9.69. The number of hydrogen-bond donors (Lipinski definition) is 1. The van der Waals surface area contributed by atoms with E-state index in [2.05, 4.69) is 61.7 Å². The molecule has 0 spiro atoms. The molecule has 0 amide bonds. The highest BCUT2D eigenvalue weighted by atomic mass is 32.1. The molecule has 0 N–H and O–H groups in total. The summed E-state index contributed by atoms with van der Waals surface area (Å²) in [6.45, 7) is 8.42. The molecule has 0 aliphatic carbocycles. The molecular formula is C18H29NS. The van der Waals surface area contributed by atoms with Gasteiger partial charge in [0.25, 0.3) is 0 Å². The summed E-state index contributed by atoms with van der Waals surface area (Å²) in [5.74, 6) is 3.38. The van der Waals surface area contributed by atoms with Gasteiger partial charge in [-0.25, -0.2) is 0 Å². The van der Waals surface area contributed by atoms with Gasteiger partial charge < -0.3 is 4.90 Å². The van der Waals surface area contributed by atoms with Crippen LogP contribution in [-0.2, 0) is 6.42 Å². The van der Waals surface area contributed by atoms with E-state index in [1.165, 1.54) is 44.5 Å². The maximum absolute atomic E-state index is 4.51. The van der Waals surface area contributed by atoms with Crippen LogP contribution < -0.4 is 0 Å². The Labute approximate surface area is 130 Å². The smallest absolute Gasteiger partial charge is 0.00199 e. The Hall–Kier alpha value is -0.470. The van der Waals surface area contributed by atoms with E-state index in [0.717, 1.165) is 23.5 Å². The standard InChI is InChI=1S/C18H29NS/c1-15(2)18(14-20)13-19-10-8-17(9-11-19)12-16-6-4-3-5-7-16/h3-7,15,17-18,20H,8-14H2,1-2H3. The van der Waals surface area contributed by atoms with E-state index in [1.807, 2.05) is 0 Å². The van der Waals surface area contributed by atoms with Crippen molar-refractivity contribution in [2.45, 2.75) is 33.1 Å². The maximum atomic E-state index is 4.51. The number of piperidine rings is 1. The second kappa shape index (κ2) is 8.09. The van der Waals surface area contributed by atoms with Crippen molar-refractivity contribution < 1.29 is 0 Å². The summed E-state index contributed by atoms with van der Waals surface area (Å²) in [5, 5.41) is 0. The quantitative estimate of drug-likeness (QED) is 0.771. The van der Waals surface area contributed by atoms with Crippen LogP contribution in [0.15, 0.2) is 30.3 Å². The van der Waals surface area contributed by atoms with E-state index in [1.54, 1.807) is 0 Å². The molecule has 112 valence electrons. The molecule has 2 heteroatoms. The van der Waals surface area contributed by atoms with Crippen molar-refractivity contribution >= 4 is 12.6 Å². The first-order valence-electron chi connectivity index (χ1n) is 8.06. The summed E-state index contributed by atoms with van der Waals surface area (Å²) in [6, 6.07) is 11.0. The van der Waals surface area contributed by atoms with Crippen molar-refractivity contribution in [3.8, 4) is 0 Å². The zero-order valence-corrected chi connectivity index (χ0v) is 13.9. The molecule has 1 fully saturated rings. The molecule has 2 rings (SSSR count). The van der Waals surface area contributed by atoms with Crippen LogP contribution in [0.1, 0.15) is 32.3 Å². The number of likely N-dealkylation sites (tertiary alicyclic amines) is 1. The third kappa shape index (κ3) is 4.82. The van der Waals surface area contributed by atoms with Gasteiger partial charge in [-0.3, -0.25) is 0 Å². The van der Waals surface area contributed by atoms with Crippen molar-refractivity contribution in [1.29, 1.82) is 0 Å². The third-order valence-corrected chi connectivity index (χ3v) is 5.21. The highest BCUT2D eigenvalue weighted by Crippen LogP contribution is 2.23. The highest BCUT2D eigenvalue weighted by Gasteiger charge is 2.22. The van der Waals surface area contributed by atoms with Crippen LogP contribution in [0.3, 0.4) is 0 Å². The summed E-state index contributed by atoms with van der Waals surface area (Å²) >= 11 is 4.51. The molecule has 0 radical (unpaired) electrons. The van der Waals surface area contributed by atoms with Gasteiger partial charge in [-0.2, -0.15) is 12.6 Å². The Kier molecular flexibility index (Phi) is 6.44. The lowest BCUT2D eigenvalue weighted by Crippen LogP contribution is -2.39. The fraction of sp³-hybridized carbons (Fsp3) is 0.667. The monoisotopic (exact) mass is 291 g/mol. The van der Waals surface area contributed by atoms with Crippen molar-refractivity contribution in [1.82, 2.24) is 4.90 Å². The Balaban J connectivity index is 1.75.